The van der Waals surface area contributed by atoms with Gasteiger partial charge in [-0.3, -0.25) is 14.4 Å². The number of ether oxygens (including phenoxy) is 3. The lowest BCUT2D eigenvalue weighted by Gasteiger charge is -2.18. The average Bonchev–Trinajstić information content (AvgIpc) is 3.22. The molecule has 0 radical (unpaired) electrons. The summed E-state index contributed by atoms with van der Waals surface area (Å²) in [6, 6.07) is 0. The molecular formula is C52H96O6. The molecule has 0 aliphatic heterocycles. The molecule has 0 aromatic heterocycles. The highest BCUT2D eigenvalue weighted by atomic mass is 16.6. The Bertz CT molecular complexity index is 942. The van der Waals surface area contributed by atoms with E-state index in [2.05, 4.69) is 45.1 Å². The van der Waals surface area contributed by atoms with E-state index in [1.807, 2.05) is 0 Å². The number of allylic oxidation sites excluding steroid dienone is 4. The zero-order valence-electron chi connectivity index (χ0n) is 38.8. The molecule has 0 aliphatic rings. The van der Waals surface area contributed by atoms with Crippen LogP contribution in [0.25, 0.3) is 0 Å². The SMILES string of the molecule is CCCCC/C=C\C/C=C\CCCCCCCCCC(=O)OCC(COC(=O)CCCCCCCCCC)OC(=O)CCCCCCCCCCCCCCCCC. The number of unbranched alkanes of at least 4 members (excludes halogenated alkanes) is 31. The third-order valence-electron chi connectivity index (χ3n) is 11.2. The molecule has 0 saturated carbocycles. The normalized spacial score (nSPS) is 12.1. The second kappa shape index (κ2) is 47.6. The van der Waals surface area contributed by atoms with Gasteiger partial charge in [-0.25, -0.2) is 0 Å². The maximum atomic E-state index is 12.8. The highest BCUT2D eigenvalue weighted by Gasteiger charge is 2.19. The Morgan fingerprint density at radius 3 is 0.983 bits per heavy atom. The molecule has 1 unspecified atom stereocenters. The predicted molar refractivity (Wildman–Crippen MR) is 247 cm³/mol. The van der Waals surface area contributed by atoms with Crippen molar-refractivity contribution in [3.8, 4) is 0 Å². The first-order chi connectivity index (χ1) is 28.5. The van der Waals surface area contributed by atoms with E-state index >= 15 is 0 Å². The van der Waals surface area contributed by atoms with Gasteiger partial charge in [-0.1, -0.05) is 225 Å². The lowest BCUT2D eigenvalue weighted by Crippen LogP contribution is -2.30. The van der Waals surface area contributed by atoms with Gasteiger partial charge in [-0.05, 0) is 51.4 Å². The molecule has 0 fully saturated rings. The van der Waals surface area contributed by atoms with E-state index in [0.29, 0.717) is 19.3 Å². The predicted octanol–water partition coefficient (Wildman–Crippen LogP) is 16.4. The summed E-state index contributed by atoms with van der Waals surface area (Å²) in [6.45, 7) is 6.60. The second-order valence-corrected chi connectivity index (χ2v) is 17.1. The van der Waals surface area contributed by atoms with E-state index in [4.69, 9.17) is 14.2 Å². The first-order valence-corrected chi connectivity index (χ1v) is 25.3. The van der Waals surface area contributed by atoms with Crippen LogP contribution < -0.4 is 0 Å². The van der Waals surface area contributed by atoms with E-state index in [1.54, 1.807) is 0 Å². The molecule has 0 rings (SSSR count). The van der Waals surface area contributed by atoms with E-state index in [0.717, 1.165) is 70.6 Å². The zero-order valence-corrected chi connectivity index (χ0v) is 38.8. The maximum absolute atomic E-state index is 12.8. The van der Waals surface area contributed by atoms with Gasteiger partial charge in [0.05, 0.1) is 0 Å². The summed E-state index contributed by atoms with van der Waals surface area (Å²) in [5, 5.41) is 0. The lowest BCUT2D eigenvalue weighted by atomic mass is 10.0. The van der Waals surface area contributed by atoms with Gasteiger partial charge in [0.1, 0.15) is 13.2 Å². The van der Waals surface area contributed by atoms with Crippen LogP contribution in [0.4, 0.5) is 0 Å². The Morgan fingerprint density at radius 2 is 0.621 bits per heavy atom. The molecule has 0 saturated heterocycles. The Balaban J connectivity index is 4.27. The van der Waals surface area contributed by atoms with E-state index in [1.165, 1.54) is 161 Å². The van der Waals surface area contributed by atoms with E-state index in [9.17, 15) is 14.4 Å². The molecule has 0 amide bonds. The summed E-state index contributed by atoms with van der Waals surface area (Å²) < 4.78 is 16.7. The molecule has 6 heteroatoms. The van der Waals surface area contributed by atoms with Crippen molar-refractivity contribution < 1.29 is 28.6 Å². The van der Waals surface area contributed by atoms with Crippen LogP contribution in [-0.2, 0) is 28.6 Å². The van der Waals surface area contributed by atoms with Gasteiger partial charge in [0.25, 0.3) is 0 Å². The standard InChI is InChI=1S/C52H96O6/c1-4-7-10-13-16-19-21-23-25-26-28-29-31-33-36-39-42-45-51(54)57-48-49(47-56-50(53)44-41-38-35-18-15-12-9-6-3)58-52(55)46-43-40-37-34-32-30-27-24-22-20-17-14-11-8-5-2/h16,19,23,25,49H,4-15,17-18,20-22,24,26-48H2,1-3H3/b19-16-,25-23-. The molecular weight excluding hydrogens is 721 g/mol. The minimum Gasteiger partial charge on any atom is -0.462 e. The van der Waals surface area contributed by atoms with Crippen molar-refractivity contribution in [1.29, 1.82) is 0 Å². The molecule has 0 aliphatic carbocycles. The number of hydrogen-bond acceptors (Lipinski definition) is 6. The molecule has 0 spiro atoms. The van der Waals surface area contributed by atoms with Crippen LogP contribution in [0.2, 0.25) is 0 Å². The summed E-state index contributed by atoms with van der Waals surface area (Å²) >= 11 is 0. The van der Waals surface area contributed by atoms with Crippen LogP contribution in [-0.4, -0.2) is 37.2 Å². The van der Waals surface area contributed by atoms with Gasteiger partial charge in [0.2, 0.25) is 0 Å². The number of carbonyl (C=O) groups excluding carboxylic acids is 3. The Labute approximate surface area is 360 Å². The number of esters is 3. The Morgan fingerprint density at radius 1 is 0.345 bits per heavy atom. The van der Waals surface area contributed by atoms with Gasteiger partial charge in [-0.2, -0.15) is 0 Å². The highest BCUT2D eigenvalue weighted by molar-refractivity contribution is 5.71. The first kappa shape index (κ1) is 55.9. The van der Waals surface area contributed by atoms with Crippen LogP contribution in [0.5, 0.6) is 0 Å². The first-order valence-electron chi connectivity index (χ1n) is 25.3. The molecule has 340 valence electrons. The van der Waals surface area contributed by atoms with E-state index in [-0.39, 0.29) is 31.1 Å². The van der Waals surface area contributed by atoms with Crippen LogP contribution in [0.3, 0.4) is 0 Å². The van der Waals surface area contributed by atoms with Crippen molar-refractivity contribution in [1.82, 2.24) is 0 Å². The van der Waals surface area contributed by atoms with Crippen molar-refractivity contribution in [2.75, 3.05) is 13.2 Å². The minimum absolute atomic E-state index is 0.0697. The number of hydrogen-bond donors (Lipinski definition) is 0. The fourth-order valence-electron chi connectivity index (χ4n) is 7.36. The van der Waals surface area contributed by atoms with E-state index < -0.39 is 6.10 Å². The molecule has 0 heterocycles. The molecule has 0 aromatic rings. The molecule has 6 nitrogen and oxygen atoms in total. The smallest absolute Gasteiger partial charge is 0.306 e. The maximum Gasteiger partial charge on any atom is 0.306 e. The highest BCUT2D eigenvalue weighted by Crippen LogP contribution is 2.16. The van der Waals surface area contributed by atoms with Crippen LogP contribution in [0.15, 0.2) is 24.3 Å². The van der Waals surface area contributed by atoms with Crippen molar-refractivity contribution in [3.63, 3.8) is 0 Å². The molecule has 0 N–H and O–H groups in total. The largest absolute Gasteiger partial charge is 0.462 e. The Hall–Kier alpha value is -2.11. The van der Waals surface area contributed by atoms with Crippen LogP contribution in [0.1, 0.15) is 271 Å². The molecule has 0 bridgehead atoms. The molecule has 58 heavy (non-hydrogen) atoms. The van der Waals surface area contributed by atoms with Crippen LogP contribution >= 0.6 is 0 Å². The van der Waals surface area contributed by atoms with Crippen LogP contribution in [0, 0.1) is 0 Å². The summed E-state index contributed by atoms with van der Waals surface area (Å²) in [7, 11) is 0. The van der Waals surface area contributed by atoms with Crippen molar-refractivity contribution in [2.45, 2.75) is 277 Å². The minimum atomic E-state index is -0.767. The molecule has 0 aromatic carbocycles. The van der Waals surface area contributed by atoms with Gasteiger partial charge < -0.3 is 14.2 Å². The summed E-state index contributed by atoms with van der Waals surface area (Å²) in [5.41, 5.74) is 0. The molecule has 1 atom stereocenters. The van der Waals surface area contributed by atoms with Gasteiger partial charge in [0, 0.05) is 19.3 Å². The number of carbonyl (C=O) groups is 3. The van der Waals surface area contributed by atoms with Crippen molar-refractivity contribution in [3.05, 3.63) is 24.3 Å². The van der Waals surface area contributed by atoms with Crippen molar-refractivity contribution in [2.24, 2.45) is 0 Å². The third kappa shape index (κ3) is 45.0. The van der Waals surface area contributed by atoms with Gasteiger partial charge in [-0.15, -0.1) is 0 Å². The second-order valence-electron chi connectivity index (χ2n) is 17.1. The quantitative estimate of drug-likeness (QED) is 0.0263. The van der Waals surface area contributed by atoms with Gasteiger partial charge in [0.15, 0.2) is 6.10 Å². The average molecular weight is 817 g/mol. The third-order valence-corrected chi connectivity index (χ3v) is 11.2. The van der Waals surface area contributed by atoms with Crippen molar-refractivity contribution >= 4 is 17.9 Å². The Kier molecular flexibility index (Phi) is 45.8. The summed E-state index contributed by atoms with van der Waals surface area (Å²) in [4.78, 5) is 37.8. The zero-order chi connectivity index (χ0) is 42.3. The fourth-order valence-corrected chi connectivity index (χ4v) is 7.36. The fraction of sp³-hybridized carbons (Fsp3) is 0.865. The summed E-state index contributed by atoms with van der Waals surface area (Å²) in [5.74, 6) is -0.870. The number of rotatable bonds is 46. The summed E-state index contributed by atoms with van der Waals surface area (Å²) in [6.07, 6.45) is 53.1. The van der Waals surface area contributed by atoms with Gasteiger partial charge >= 0.3 is 17.9 Å². The topological polar surface area (TPSA) is 78.9 Å². The lowest BCUT2D eigenvalue weighted by molar-refractivity contribution is -0.167. The monoisotopic (exact) mass is 817 g/mol.